The Labute approximate surface area is 110 Å². The molecule has 1 amide bonds. The van der Waals surface area contributed by atoms with Gasteiger partial charge in [0.25, 0.3) is 15.9 Å². The van der Waals surface area contributed by atoms with Crippen molar-refractivity contribution in [2.75, 3.05) is 14.1 Å². The summed E-state index contributed by atoms with van der Waals surface area (Å²) in [5, 5.41) is 10.4. The molecule has 0 aliphatic carbocycles. The Hall–Kier alpha value is -1.87. The topological polar surface area (TPSA) is 117 Å². The van der Waals surface area contributed by atoms with Gasteiger partial charge in [-0.2, -0.15) is 0 Å². The van der Waals surface area contributed by atoms with E-state index in [-0.39, 0.29) is 10.7 Å². The molecule has 1 aromatic heterocycles. The number of hydrogen-bond donors (Lipinski definition) is 2. The van der Waals surface area contributed by atoms with Crippen LogP contribution in [-0.2, 0) is 14.8 Å². The zero-order chi connectivity index (χ0) is 14.8. The number of rotatable bonds is 5. The Morgan fingerprint density at radius 1 is 1.42 bits per heavy atom. The normalized spacial score (nSPS) is 13.3. The molecule has 0 aliphatic rings. The van der Waals surface area contributed by atoms with Crippen molar-refractivity contribution < 1.29 is 27.5 Å². The van der Waals surface area contributed by atoms with Gasteiger partial charge in [-0.05, 0) is 6.92 Å². The summed E-state index contributed by atoms with van der Waals surface area (Å²) < 4.78 is 29.2. The Bertz CT molecular complexity index is 589. The van der Waals surface area contributed by atoms with Crippen LogP contribution in [0.3, 0.4) is 0 Å². The molecule has 2 N–H and O–H groups in total. The third-order valence-corrected chi connectivity index (χ3v) is 3.97. The van der Waals surface area contributed by atoms with Gasteiger partial charge in [0.2, 0.25) is 5.09 Å². The number of amides is 1. The van der Waals surface area contributed by atoms with Gasteiger partial charge in [-0.1, -0.05) is 0 Å². The van der Waals surface area contributed by atoms with Crippen molar-refractivity contribution >= 4 is 21.9 Å². The van der Waals surface area contributed by atoms with Crippen LogP contribution < -0.4 is 5.32 Å². The number of sulfonamides is 1. The molecule has 0 aliphatic heterocycles. The average molecular weight is 290 g/mol. The summed E-state index contributed by atoms with van der Waals surface area (Å²) in [6.45, 7) is 1.29. The highest BCUT2D eigenvalue weighted by Gasteiger charge is 2.24. The van der Waals surface area contributed by atoms with Gasteiger partial charge >= 0.3 is 5.97 Å². The number of carbonyl (C=O) groups excluding carboxylic acids is 1. The smallest absolute Gasteiger partial charge is 0.325 e. The second-order valence-corrected chi connectivity index (χ2v) is 6.06. The van der Waals surface area contributed by atoms with Gasteiger partial charge in [-0.3, -0.25) is 9.59 Å². The predicted molar refractivity (Wildman–Crippen MR) is 64.1 cm³/mol. The second-order valence-electron chi connectivity index (χ2n) is 3.98. The van der Waals surface area contributed by atoms with E-state index in [9.17, 15) is 18.0 Å². The third-order valence-electron chi connectivity index (χ3n) is 2.29. The number of carbonyl (C=O) groups is 2. The molecule has 0 saturated heterocycles. The first-order valence-corrected chi connectivity index (χ1v) is 6.65. The number of aliphatic carboxylic acids is 1. The summed E-state index contributed by atoms with van der Waals surface area (Å²) in [5.74, 6) is -1.92. The first-order valence-electron chi connectivity index (χ1n) is 5.21. The number of furan rings is 1. The number of carboxylic acids is 1. The lowest BCUT2D eigenvalue weighted by molar-refractivity contribution is -0.138. The van der Waals surface area contributed by atoms with E-state index in [1.54, 1.807) is 0 Å². The number of hydrogen-bond acceptors (Lipinski definition) is 5. The summed E-state index contributed by atoms with van der Waals surface area (Å²) in [6.07, 6.45) is 0.959. The molecule has 19 heavy (non-hydrogen) atoms. The van der Waals surface area contributed by atoms with Crippen molar-refractivity contribution in [1.29, 1.82) is 0 Å². The standard InChI is InChI=1S/C10H14N2O6S/c1-6(10(14)15)11-9(13)7-4-8(18-5-7)19(16,17)12(2)3/h4-6H,1-3H3,(H,11,13)(H,14,15)/t6-/m0/s1. The summed E-state index contributed by atoms with van der Waals surface area (Å²) in [5.41, 5.74) is -0.0616. The van der Waals surface area contributed by atoms with E-state index >= 15 is 0 Å². The maximum absolute atomic E-state index is 11.7. The molecule has 0 radical (unpaired) electrons. The molecule has 0 spiro atoms. The molecule has 8 nitrogen and oxygen atoms in total. The maximum atomic E-state index is 11.7. The lowest BCUT2D eigenvalue weighted by Crippen LogP contribution is -2.38. The molecular weight excluding hydrogens is 276 g/mol. The molecule has 0 aromatic carbocycles. The second kappa shape index (κ2) is 5.41. The Balaban J connectivity index is 2.92. The zero-order valence-electron chi connectivity index (χ0n) is 10.6. The highest BCUT2D eigenvalue weighted by molar-refractivity contribution is 7.88. The van der Waals surface area contributed by atoms with E-state index in [4.69, 9.17) is 9.52 Å². The predicted octanol–water partition coefficient (Wildman–Crippen LogP) is -0.267. The zero-order valence-corrected chi connectivity index (χ0v) is 11.4. The quantitative estimate of drug-likeness (QED) is 0.771. The number of nitrogens with zero attached hydrogens (tertiary/aromatic N) is 1. The summed E-state index contributed by atoms with van der Waals surface area (Å²) in [4.78, 5) is 22.2. The van der Waals surface area contributed by atoms with Crippen molar-refractivity contribution in [2.45, 2.75) is 18.1 Å². The van der Waals surface area contributed by atoms with E-state index in [1.165, 1.54) is 21.0 Å². The fourth-order valence-corrected chi connectivity index (χ4v) is 1.90. The molecule has 1 rings (SSSR count). The van der Waals surface area contributed by atoms with Crippen LogP contribution in [0.25, 0.3) is 0 Å². The minimum atomic E-state index is -3.76. The van der Waals surface area contributed by atoms with E-state index in [0.717, 1.165) is 16.6 Å². The lowest BCUT2D eigenvalue weighted by atomic mass is 10.3. The molecule has 0 fully saturated rings. The fourth-order valence-electron chi connectivity index (χ4n) is 1.09. The molecule has 1 atom stereocenters. The highest BCUT2D eigenvalue weighted by Crippen LogP contribution is 2.16. The van der Waals surface area contributed by atoms with Gasteiger partial charge in [0, 0.05) is 20.2 Å². The van der Waals surface area contributed by atoms with Crippen molar-refractivity contribution in [2.24, 2.45) is 0 Å². The molecule has 9 heteroatoms. The van der Waals surface area contributed by atoms with Gasteiger partial charge in [0.15, 0.2) is 0 Å². The molecule has 106 valence electrons. The molecular formula is C10H14N2O6S. The molecule has 0 bridgehead atoms. The van der Waals surface area contributed by atoms with Crippen LogP contribution in [0.15, 0.2) is 21.8 Å². The van der Waals surface area contributed by atoms with Crippen LogP contribution in [0.5, 0.6) is 0 Å². The molecule has 1 heterocycles. The van der Waals surface area contributed by atoms with Crippen molar-refractivity contribution in [1.82, 2.24) is 9.62 Å². The van der Waals surface area contributed by atoms with E-state index in [1.807, 2.05) is 0 Å². The minimum absolute atomic E-state index is 0.0616. The molecule has 0 unspecified atom stereocenters. The van der Waals surface area contributed by atoms with Gasteiger partial charge in [0.05, 0.1) is 5.56 Å². The number of carboxylic acid groups (broad SMARTS) is 1. The Morgan fingerprint density at radius 3 is 2.47 bits per heavy atom. The van der Waals surface area contributed by atoms with Crippen LogP contribution in [-0.4, -0.2) is 49.8 Å². The average Bonchev–Trinajstić information content (AvgIpc) is 2.78. The molecule has 1 aromatic rings. The van der Waals surface area contributed by atoms with E-state index in [0.29, 0.717) is 0 Å². The summed E-state index contributed by atoms with van der Waals surface area (Å²) >= 11 is 0. The van der Waals surface area contributed by atoms with Gasteiger partial charge < -0.3 is 14.8 Å². The SMILES string of the molecule is C[C@H](NC(=O)c1coc(S(=O)(=O)N(C)C)c1)C(=O)O. The van der Waals surface area contributed by atoms with Gasteiger partial charge in [0.1, 0.15) is 12.3 Å². The Morgan fingerprint density at radius 2 is 2.00 bits per heavy atom. The van der Waals surface area contributed by atoms with Gasteiger partial charge in [-0.15, -0.1) is 0 Å². The van der Waals surface area contributed by atoms with Crippen LogP contribution in [0.4, 0.5) is 0 Å². The van der Waals surface area contributed by atoms with Crippen LogP contribution in [0.2, 0.25) is 0 Å². The third kappa shape index (κ3) is 3.32. The molecule has 0 saturated carbocycles. The van der Waals surface area contributed by atoms with Crippen LogP contribution in [0.1, 0.15) is 17.3 Å². The van der Waals surface area contributed by atoms with E-state index < -0.39 is 27.9 Å². The summed E-state index contributed by atoms with van der Waals surface area (Å²) in [6, 6.07) is -0.0458. The number of nitrogens with one attached hydrogen (secondary N) is 1. The minimum Gasteiger partial charge on any atom is -0.480 e. The first kappa shape index (κ1) is 15.2. The summed E-state index contributed by atoms with van der Waals surface area (Å²) in [7, 11) is -1.12. The lowest BCUT2D eigenvalue weighted by Gasteiger charge is -2.08. The van der Waals surface area contributed by atoms with Crippen LogP contribution >= 0.6 is 0 Å². The Kier molecular flexibility index (Phi) is 4.32. The van der Waals surface area contributed by atoms with Crippen molar-refractivity contribution in [3.63, 3.8) is 0 Å². The monoisotopic (exact) mass is 290 g/mol. The maximum Gasteiger partial charge on any atom is 0.325 e. The largest absolute Gasteiger partial charge is 0.480 e. The fraction of sp³-hybridized carbons (Fsp3) is 0.400. The van der Waals surface area contributed by atoms with E-state index in [2.05, 4.69) is 5.32 Å². The first-order chi connectivity index (χ1) is 8.66. The van der Waals surface area contributed by atoms with Crippen molar-refractivity contribution in [3.8, 4) is 0 Å². The van der Waals surface area contributed by atoms with Crippen LogP contribution in [0, 0.1) is 0 Å². The highest BCUT2D eigenvalue weighted by atomic mass is 32.2. The van der Waals surface area contributed by atoms with Gasteiger partial charge in [-0.25, -0.2) is 12.7 Å². The van der Waals surface area contributed by atoms with Crippen molar-refractivity contribution in [3.05, 3.63) is 17.9 Å².